The second kappa shape index (κ2) is 5.69. The van der Waals surface area contributed by atoms with Crippen LogP contribution < -0.4 is 10.2 Å². The van der Waals surface area contributed by atoms with Crippen molar-refractivity contribution >= 4 is 11.6 Å². The Kier molecular flexibility index (Phi) is 3.99. The van der Waals surface area contributed by atoms with E-state index in [0.717, 1.165) is 18.4 Å². The van der Waals surface area contributed by atoms with Crippen molar-refractivity contribution in [2.45, 2.75) is 19.8 Å². The van der Waals surface area contributed by atoms with E-state index in [9.17, 15) is 4.79 Å². The Hall–Kier alpha value is -1.81. The van der Waals surface area contributed by atoms with Crippen molar-refractivity contribution in [2.75, 3.05) is 0 Å². The standard InChI is InChI=1S/C13H13ClN2O2/c1-2-5-9-6-3-4-7-11(9)18-13-10(17)8-12(14)15-16-13/h3-4,6-8H,2,5H2,1H3,(H,15,17). The van der Waals surface area contributed by atoms with E-state index in [1.807, 2.05) is 24.3 Å². The number of benzene rings is 1. The maximum absolute atomic E-state index is 11.6. The summed E-state index contributed by atoms with van der Waals surface area (Å²) >= 11 is 5.63. The van der Waals surface area contributed by atoms with E-state index in [0.29, 0.717) is 5.75 Å². The van der Waals surface area contributed by atoms with Gasteiger partial charge in [-0.25, -0.2) is 0 Å². The molecule has 2 rings (SSSR count). The number of aryl methyl sites for hydroxylation is 1. The summed E-state index contributed by atoms with van der Waals surface area (Å²) in [6, 6.07) is 8.84. The number of halogens is 1. The van der Waals surface area contributed by atoms with Gasteiger partial charge in [0.2, 0.25) is 5.43 Å². The van der Waals surface area contributed by atoms with Crippen molar-refractivity contribution < 1.29 is 4.74 Å². The monoisotopic (exact) mass is 264 g/mol. The van der Waals surface area contributed by atoms with Crippen molar-refractivity contribution in [1.29, 1.82) is 0 Å². The average Bonchev–Trinajstić information content (AvgIpc) is 2.35. The van der Waals surface area contributed by atoms with E-state index >= 15 is 0 Å². The van der Waals surface area contributed by atoms with Gasteiger partial charge in [-0.2, -0.15) is 0 Å². The van der Waals surface area contributed by atoms with Crippen LogP contribution in [0.3, 0.4) is 0 Å². The normalized spacial score (nSPS) is 10.3. The number of hydrogen-bond acceptors (Lipinski definition) is 3. The third kappa shape index (κ3) is 2.90. The molecule has 0 amide bonds. The highest BCUT2D eigenvalue weighted by Gasteiger charge is 2.08. The number of ether oxygens (including phenoxy) is 1. The van der Waals surface area contributed by atoms with Crippen molar-refractivity contribution in [3.05, 3.63) is 51.3 Å². The third-order valence-corrected chi connectivity index (χ3v) is 2.63. The highest BCUT2D eigenvalue weighted by Crippen LogP contribution is 2.23. The summed E-state index contributed by atoms with van der Waals surface area (Å²) in [4.78, 5) is 11.6. The first-order valence-corrected chi connectivity index (χ1v) is 6.09. The Labute approximate surface area is 110 Å². The van der Waals surface area contributed by atoms with Crippen molar-refractivity contribution in [2.24, 2.45) is 0 Å². The van der Waals surface area contributed by atoms with Gasteiger partial charge in [-0.3, -0.25) is 9.89 Å². The molecule has 0 radical (unpaired) electrons. The number of nitrogens with one attached hydrogen (secondary N) is 1. The molecule has 18 heavy (non-hydrogen) atoms. The van der Waals surface area contributed by atoms with Crippen LogP contribution in [0.1, 0.15) is 18.9 Å². The molecule has 0 fully saturated rings. The van der Waals surface area contributed by atoms with Gasteiger partial charge in [-0.15, -0.1) is 5.10 Å². The van der Waals surface area contributed by atoms with Gasteiger partial charge in [0, 0.05) is 6.07 Å². The molecule has 0 spiro atoms. The first kappa shape index (κ1) is 12.6. The van der Waals surface area contributed by atoms with E-state index in [4.69, 9.17) is 16.3 Å². The van der Waals surface area contributed by atoms with Gasteiger partial charge in [0.1, 0.15) is 10.9 Å². The highest BCUT2D eigenvalue weighted by molar-refractivity contribution is 6.29. The fourth-order valence-corrected chi connectivity index (χ4v) is 1.77. The highest BCUT2D eigenvalue weighted by atomic mass is 35.5. The molecular weight excluding hydrogens is 252 g/mol. The minimum atomic E-state index is -0.343. The molecule has 0 aliphatic rings. The van der Waals surface area contributed by atoms with E-state index in [-0.39, 0.29) is 16.5 Å². The fraction of sp³-hybridized carbons (Fsp3) is 0.231. The molecule has 1 aromatic carbocycles. The molecule has 0 aliphatic heterocycles. The molecule has 4 nitrogen and oxygen atoms in total. The molecule has 2 aromatic rings. The Bertz CT molecular complexity index is 596. The van der Waals surface area contributed by atoms with Gasteiger partial charge in [-0.1, -0.05) is 43.1 Å². The smallest absolute Gasteiger partial charge is 0.285 e. The van der Waals surface area contributed by atoms with Crippen LogP contribution in [0.5, 0.6) is 11.6 Å². The maximum Gasteiger partial charge on any atom is 0.285 e. The minimum absolute atomic E-state index is 0.00273. The summed E-state index contributed by atoms with van der Waals surface area (Å²) in [5.74, 6) is 0.655. The lowest BCUT2D eigenvalue weighted by molar-refractivity contribution is 0.444. The van der Waals surface area contributed by atoms with Crippen LogP contribution >= 0.6 is 11.6 Å². The second-order valence-electron chi connectivity index (χ2n) is 3.85. The number of aromatic amines is 1. The molecule has 0 atom stereocenters. The molecule has 0 aliphatic carbocycles. The van der Waals surface area contributed by atoms with Gasteiger partial charge in [0.05, 0.1) is 0 Å². The molecule has 0 bridgehead atoms. The van der Waals surface area contributed by atoms with E-state index < -0.39 is 0 Å². The van der Waals surface area contributed by atoms with Gasteiger partial charge in [0.15, 0.2) is 0 Å². The maximum atomic E-state index is 11.6. The van der Waals surface area contributed by atoms with E-state index in [1.165, 1.54) is 6.07 Å². The Morgan fingerprint density at radius 2 is 2.17 bits per heavy atom. The molecule has 0 unspecified atom stereocenters. The average molecular weight is 265 g/mol. The molecule has 94 valence electrons. The zero-order valence-corrected chi connectivity index (χ0v) is 10.7. The van der Waals surface area contributed by atoms with Crippen LogP contribution in [0.15, 0.2) is 35.1 Å². The summed E-state index contributed by atoms with van der Waals surface area (Å²) in [6.45, 7) is 2.09. The summed E-state index contributed by atoms with van der Waals surface area (Å²) in [5, 5.41) is 6.47. The Balaban J connectivity index is 2.31. The molecule has 0 saturated heterocycles. The lowest BCUT2D eigenvalue weighted by Gasteiger charge is -2.08. The van der Waals surface area contributed by atoms with Gasteiger partial charge >= 0.3 is 0 Å². The van der Waals surface area contributed by atoms with Gasteiger partial charge < -0.3 is 4.74 Å². The number of para-hydroxylation sites is 1. The molecule has 1 N–H and O–H groups in total. The largest absolute Gasteiger partial charge is 0.434 e. The van der Waals surface area contributed by atoms with E-state index in [2.05, 4.69) is 17.1 Å². The first-order valence-electron chi connectivity index (χ1n) is 5.71. The first-order chi connectivity index (χ1) is 8.70. The number of H-pyrrole nitrogens is 1. The van der Waals surface area contributed by atoms with Crippen molar-refractivity contribution in [1.82, 2.24) is 10.2 Å². The fourth-order valence-electron chi connectivity index (χ4n) is 1.62. The predicted octanol–water partition coefficient (Wildman–Crippen LogP) is 3.17. The van der Waals surface area contributed by atoms with Crippen LogP contribution in [-0.4, -0.2) is 10.2 Å². The zero-order chi connectivity index (χ0) is 13.0. The Morgan fingerprint density at radius 3 is 2.89 bits per heavy atom. The number of nitrogens with zero attached hydrogens (tertiary/aromatic N) is 1. The third-order valence-electron chi connectivity index (χ3n) is 2.43. The van der Waals surface area contributed by atoms with Crippen molar-refractivity contribution in [3.8, 4) is 11.6 Å². The van der Waals surface area contributed by atoms with Crippen LogP contribution in [0.2, 0.25) is 5.15 Å². The van der Waals surface area contributed by atoms with Gasteiger partial charge in [-0.05, 0) is 18.1 Å². The van der Waals surface area contributed by atoms with Gasteiger partial charge in [0.25, 0.3) is 5.88 Å². The molecule has 5 heteroatoms. The lowest BCUT2D eigenvalue weighted by Crippen LogP contribution is -2.08. The Morgan fingerprint density at radius 1 is 1.39 bits per heavy atom. The zero-order valence-electron chi connectivity index (χ0n) is 9.94. The summed E-state index contributed by atoms with van der Waals surface area (Å²) < 4.78 is 5.53. The minimum Gasteiger partial charge on any atom is -0.434 e. The number of hydrogen-bond donors (Lipinski definition) is 1. The topological polar surface area (TPSA) is 55.0 Å². The molecule has 1 aromatic heterocycles. The number of rotatable bonds is 4. The number of aromatic nitrogens is 2. The molecular formula is C13H13ClN2O2. The molecule has 0 saturated carbocycles. The van der Waals surface area contributed by atoms with Crippen molar-refractivity contribution in [3.63, 3.8) is 0 Å². The lowest BCUT2D eigenvalue weighted by atomic mass is 10.1. The summed E-state index contributed by atoms with van der Waals surface area (Å²) in [5.41, 5.74) is 0.709. The molecule has 1 heterocycles. The SMILES string of the molecule is CCCc1ccccc1Oc1n[nH]c(Cl)cc1=O. The van der Waals surface area contributed by atoms with Crippen LogP contribution in [0.4, 0.5) is 0 Å². The summed E-state index contributed by atoms with van der Waals surface area (Å²) in [6.07, 6.45) is 1.90. The van der Waals surface area contributed by atoms with Crippen LogP contribution in [0.25, 0.3) is 0 Å². The second-order valence-corrected chi connectivity index (χ2v) is 4.25. The van der Waals surface area contributed by atoms with E-state index in [1.54, 1.807) is 0 Å². The quantitative estimate of drug-likeness (QED) is 0.923. The van der Waals surface area contributed by atoms with Crippen LogP contribution in [-0.2, 0) is 6.42 Å². The summed E-state index contributed by atoms with van der Waals surface area (Å²) in [7, 11) is 0. The predicted molar refractivity (Wildman–Crippen MR) is 70.4 cm³/mol. The van der Waals surface area contributed by atoms with Crippen LogP contribution in [0, 0.1) is 0 Å².